The number of thioether (sulfide) groups is 1. The summed E-state index contributed by atoms with van der Waals surface area (Å²) in [5.41, 5.74) is 0.723. The van der Waals surface area contributed by atoms with Gasteiger partial charge < -0.3 is 10.1 Å². The lowest BCUT2D eigenvalue weighted by Crippen LogP contribution is -2.28. The number of hydrogen-bond acceptors (Lipinski definition) is 3. The number of benzene rings is 2. The van der Waals surface area contributed by atoms with Crippen molar-refractivity contribution < 1.29 is 9.53 Å². The minimum absolute atomic E-state index is 0.0552. The Morgan fingerprint density at radius 3 is 2.50 bits per heavy atom. The molecule has 1 N–H and O–H groups in total. The van der Waals surface area contributed by atoms with Crippen molar-refractivity contribution in [3.8, 4) is 5.75 Å². The second-order valence-corrected chi connectivity index (χ2v) is 6.70. The van der Waals surface area contributed by atoms with E-state index >= 15 is 0 Å². The second-order valence-electron chi connectivity index (χ2n) is 5.08. The third-order valence-electron chi connectivity index (χ3n) is 2.89. The fourth-order valence-electron chi connectivity index (χ4n) is 1.96. The average molecular weight is 315 g/mol. The normalized spacial score (nSPS) is 10.5. The summed E-state index contributed by atoms with van der Waals surface area (Å²) >= 11 is 1.70. The Bertz CT molecular complexity index is 599. The Labute approximate surface area is 136 Å². The highest BCUT2D eigenvalue weighted by Crippen LogP contribution is 2.26. The van der Waals surface area contributed by atoms with E-state index in [0.717, 1.165) is 16.2 Å². The van der Waals surface area contributed by atoms with Crippen LogP contribution < -0.4 is 10.1 Å². The molecule has 0 heterocycles. The highest BCUT2D eigenvalue weighted by Gasteiger charge is 2.11. The van der Waals surface area contributed by atoms with Gasteiger partial charge in [0, 0.05) is 10.1 Å². The molecule has 0 atom stereocenters. The van der Waals surface area contributed by atoms with Crippen LogP contribution in [0.1, 0.15) is 24.2 Å². The third kappa shape index (κ3) is 5.11. The highest BCUT2D eigenvalue weighted by molar-refractivity contribution is 8.00. The number of ether oxygens (including phenoxy) is 1. The van der Waals surface area contributed by atoms with E-state index in [9.17, 15) is 4.79 Å². The zero-order valence-corrected chi connectivity index (χ0v) is 13.7. The van der Waals surface area contributed by atoms with Gasteiger partial charge in [0.1, 0.15) is 12.4 Å². The molecule has 0 aliphatic rings. The maximum Gasteiger partial charge on any atom is 0.252 e. The fourth-order valence-corrected chi connectivity index (χ4v) is 2.91. The molecule has 4 heteroatoms. The Balaban J connectivity index is 1.85. The number of carbonyl (C=O) groups is 1. The van der Waals surface area contributed by atoms with Crippen molar-refractivity contribution in [3.05, 3.63) is 60.2 Å². The third-order valence-corrected chi connectivity index (χ3v) is 3.98. The van der Waals surface area contributed by atoms with Gasteiger partial charge in [0.05, 0.1) is 12.1 Å². The first kappa shape index (κ1) is 16.4. The number of carbonyl (C=O) groups excluding carboxylic acids is 1. The summed E-state index contributed by atoms with van der Waals surface area (Å²) in [7, 11) is 0. The molecule has 0 aromatic heterocycles. The Morgan fingerprint density at radius 2 is 1.77 bits per heavy atom. The number of para-hydroxylation sites is 1. The molecule has 0 saturated heterocycles. The van der Waals surface area contributed by atoms with Crippen LogP contribution in [0.15, 0.2) is 59.5 Å². The van der Waals surface area contributed by atoms with Gasteiger partial charge in [0.15, 0.2) is 0 Å². The van der Waals surface area contributed by atoms with Gasteiger partial charge in [-0.25, -0.2) is 0 Å². The summed E-state index contributed by atoms with van der Waals surface area (Å²) in [5, 5.41) is 3.35. The molecule has 1 amide bonds. The predicted molar refractivity (Wildman–Crippen MR) is 91.7 cm³/mol. The maximum atomic E-state index is 12.3. The van der Waals surface area contributed by atoms with Gasteiger partial charge in [-0.05, 0) is 24.3 Å². The van der Waals surface area contributed by atoms with E-state index < -0.39 is 0 Å². The van der Waals surface area contributed by atoms with Gasteiger partial charge in [-0.1, -0.05) is 44.2 Å². The number of amides is 1. The van der Waals surface area contributed by atoms with Crippen LogP contribution in [-0.4, -0.2) is 24.3 Å². The molecule has 22 heavy (non-hydrogen) atoms. The molecule has 116 valence electrons. The molecule has 3 nitrogen and oxygen atoms in total. The number of nitrogens with one attached hydrogen (secondary N) is 1. The zero-order chi connectivity index (χ0) is 15.8. The van der Waals surface area contributed by atoms with Gasteiger partial charge in [-0.2, -0.15) is 0 Å². The minimum Gasteiger partial charge on any atom is -0.492 e. The molecule has 0 aliphatic carbocycles. The average Bonchev–Trinajstić information content (AvgIpc) is 2.52. The van der Waals surface area contributed by atoms with Gasteiger partial charge in [0.2, 0.25) is 0 Å². The van der Waals surface area contributed by atoms with Crippen molar-refractivity contribution in [2.75, 3.05) is 13.2 Å². The molecular formula is C18H21NO2S. The molecule has 0 saturated carbocycles. The van der Waals surface area contributed by atoms with Crippen molar-refractivity contribution in [3.63, 3.8) is 0 Å². The molecule has 0 aliphatic heterocycles. The van der Waals surface area contributed by atoms with E-state index in [0.29, 0.717) is 18.4 Å². The quantitative estimate of drug-likeness (QED) is 0.620. The summed E-state index contributed by atoms with van der Waals surface area (Å²) < 4.78 is 5.57. The first-order chi connectivity index (χ1) is 10.7. The monoisotopic (exact) mass is 315 g/mol. The lowest BCUT2D eigenvalue weighted by atomic mass is 10.2. The lowest BCUT2D eigenvalue weighted by molar-refractivity contribution is 0.0944. The van der Waals surface area contributed by atoms with Crippen LogP contribution in [0, 0.1) is 0 Å². The van der Waals surface area contributed by atoms with E-state index in [1.807, 2.05) is 54.6 Å². The molecule has 0 fully saturated rings. The zero-order valence-electron chi connectivity index (χ0n) is 12.9. The minimum atomic E-state index is -0.0552. The van der Waals surface area contributed by atoms with Gasteiger partial charge in [-0.3, -0.25) is 4.79 Å². The molecular weight excluding hydrogens is 294 g/mol. The number of hydrogen-bond donors (Lipinski definition) is 1. The van der Waals surface area contributed by atoms with Crippen molar-refractivity contribution in [2.24, 2.45) is 0 Å². The Morgan fingerprint density at radius 1 is 1.09 bits per heavy atom. The molecule has 0 unspecified atom stereocenters. The van der Waals surface area contributed by atoms with Crippen molar-refractivity contribution >= 4 is 17.7 Å². The topological polar surface area (TPSA) is 38.3 Å². The second kappa shape index (κ2) is 8.49. The smallest absolute Gasteiger partial charge is 0.252 e. The fraction of sp³-hybridized carbons (Fsp3) is 0.278. The summed E-state index contributed by atoms with van der Waals surface area (Å²) in [6.45, 7) is 5.17. The molecule has 0 spiro atoms. The van der Waals surface area contributed by atoms with Gasteiger partial charge in [-0.15, -0.1) is 11.8 Å². The van der Waals surface area contributed by atoms with Crippen LogP contribution in [0.2, 0.25) is 0 Å². The first-order valence-electron chi connectivity index (χ1n) is 7.38. The van der Waals surface area contributed by atoms with Crippen LogP contribution in [0.4, 0.5) is 0 Å². The van der Waals surface area contributed by atoms with Crippen LogP contribution in [0.3, 0.4) is 0 Å². The maximum absolute atomic E-state index is 12.3. The van der Waals surface area contributed by atoms with E-state index in [-0.39, 0.29) is 5.91 Å². The van der Waals surface area contributed by atoms with Crippen molar-refractivity contribution in [1.82, 2.24) is 5.32 Å². The van der Waals surface area contributed by atoms with Crippen LogP contribution >= 0.6 is 11.8 Å². The van der Waals surface area contributed by atoms with Crippen LogP contribution in [0.25, 0.3) is 0 Å². The van der Waals surface area contributed by atoms with E-state index in [1.54, 1.807) is 11.8 Å². The van der Waals surface area contributed by atoms with Crippen LogP contribution in [0.5, 0.6) is 5.75 Å². The highest BCUT2D eigenvalue weighted by atomic mass is 32.2. The molecule has 0 bridgehead atoms. The Hall–Kier alpha value is -1.94. The molecule has 2 aromatic rings. The van der Waals surface area contributed by atoms with Crippen LogP contribution in [-0.2, 0) is 0 Å². The number of rotatable bonds is 7. The summed E-state index contributed by atoms with van der Waals surface area (Å²) in [6, 6.07) is 17.3. The largest absolute Gasteiger partial charge is 0.492 e. The van der Waals surface area contributed by atoms with Crippen molar-refractivity contribution in [2.45, 2.75) is 24.0 Å². The summed E-state index contributed by atoms with van der Waals surface area (Å²) in [6.07, 6.45) is 0. The SMILES string of the molecule is CC(C)Sc1ccccc1C(=O)NCCOc1ccccc1. The van der Waals surface area contributed by atoms with E-state index in [2.05, 4.69) is 19.2 Å². The molecule has 0 radical (unpaired) electrons. The Kier molecular flexibility index (Phi) is 6.34. The molecule has 2 aromatic carbocycles. The van der Waals surface area contributed by atoms with E-state index in [1.165, 1.54) is 0 Å². The van der Waals surface area contributed by atoms with Crippen molar-refractivity contribution in [1.29, 1.82) is 0 Å². The van der Waals surface area contributed by atoms with Gasteiger partial charge >= 0.3 is 0 Å². The standard InChI is InChI=1S/C18H21NO2S/c1-14(2)22-17-11-7-6-10-16(17)18(20)19-12-13-21-15-8-4-3-5-9-15/h3-11,14H,12-13H2,1-2H3,(H,19,20). The molecule has 2 rings (SSSR count). The summed E-state index contributed by atoms with van der Waals surface area (Å²) in [5.74, 6) is 0.757. The predicted octanol–water partition coefficient (Wildman–Crippen LogP) is 4.00. The first-order valence-corrected chi connectivity index (χ1v) is 8.26. The van der Waals surface area contributed by atoms with Gasteiger partial charge in [0.25, 0.3) is 5.91 Å². The van der Waals surface area contributed by atoms with E-state index in [4.69, 9.17) is 4.74 Å². The lowest BCUT2D eigenvalue weighted by Gasteiger charge is -2.12. The summed E-state index contributed by atoms with van der Waals surface area (Å²) in [4.78, 5) is 13.3.